The molecule has 2 aromatic heterocycles. The molecule has 0 aliphatic heterocycles. The average molecular weight is 278 g/mol. The highest BCUT2D eigenvalue weighted by Gasteiger charge is 2.07. The lowest BCUT2D eigenvalue weighted by molar-refractivity contribution is 1.07. The minimum absolute atomic E-state index is 0.165. The molecular weight excluding hydrogens is 264 g/mol. The van der Waals surface area contributed by atoms with Gasteiger partial charge in [-0.2, -0.15) is 15.0 Å². The number of anilines is 3. The van der Waals surface area contributed by atoms with Crippen molar-refractivity contribution in [1.29, 1.82) is 0 Å². The number of nitrogens with zero attached hydrogens (tertiary/aromatic N) is 4. The van der Waals surface area contributed by atoms with Crippen molar-refractivity contribution in [2.45, 2.75) is 6.92 Å². The van der Waals surface area contributed by atoms with Crippen molar-refractivity contribution in [1.82, 2.24) is 19.9 Å². The minimum atomic E-state index is 0.165. The molecule has 2 heterocycles. The van der Waals surface area contributed by atoms with Crippen molar-refractivity contribution in [2.24, 2.45) is 0 Å². The molecule has 3 aromatic rings. The fraction of sp³-hybridized carbons (Fsp3) is 0.0667. The number of nitrogens with one attached hydrogen (secondary N) is 1. The third-order valence-electron chi connectivity index (χ3n) is 2.88. The number of aryl methyl sites for hydroxylation is 1. The van der Waals surface area contributed by atoms with Gasteiger partial charge in [-0.1, -0.05) is 17.7 Å². The Labute approximate surface area is 122 Å². The van der Waals surface area contributed by atoms with Crippen LogP contribution in [0.1, 0.15) is 5.56 Å². The number of hydrogen-bond acceptors (Lipinski definition) is 6. The van der Waals surface area contributed by atoms with E-state index in [0.29, 0.717) is 11.8 Å². The normalized spacial score (nSPS) is 10.3. The zero-order valence-electron chi connectivity index (χ0n) is 11.5. The van der Waals surface area contributed by atoms with Gasteiger partial charge >= 0.3 is 0 Å². The number of nitrogens with two attached hydrogens (primary N) is 1. The van der Waals surface area contributed by atoms with Crippen LogP contribution in [0.3, 0.4) is 0 Å². The molecule has 6 heteroatoms. The maximum Gasteiger partial charge on any atom is 0.232 e. The second-order valence-electron chi connectivity index (χ2n) is 4.57. The zero-order chi connectivity index (χ0) is 14.7. The fourth-order valence-electron chi connectivity index (χ4n) is 1.84. The summed E-state index contributed by atoms with van der Waals surface area (Å²) in [7, 11) is 0. The SMILES string of the molecule is Cc1ccc(Nc2nc(N)nc(-c3cccnc3)n2)cc1. The van der Waals surface area contributed by atoms with Crippen molar-refractivity contribution in [2.75, 3.05) is 11.1 Å². The molecule has 0 aliphatic carbocycles. The third kappa shape index (κ3) is 3.11. The summed E-state index contributed by atoms with van der Waals surface area (Å²) in [5.41, 5.74) is 8.62. The van der Waals surface area contributed by atoms with Gasteiger partial charge in [0.1, 0.15) is 0 Å². The first kappa shape index (κ1) is 13.0. The van der Waals surface area contributed by atoms with Crippen LogP contribution in [0.25, 0.3) is 11.4 Å². The Bertz CT molecular complexity index is 740. The van der Waals surface area contributed by atoms with Gasteiger partial charge in [-0.05, 0) is 31.2 Å². The predicted molar refractivity (Wildman–Crippen MR) is 81.9 cm³/mol. The molecule has 21 heavy (non-hydrogen) atoms. The van der Waals surface area contributed by atoms with Crippen LogP contribution < -0.4 is 11.1 Å². The van der Waals surface area contributed by atoms with E-state index < -0.39 is 0 Å². The molecule has 0 fully saturated rings. The molecule has 1 aromatic carbocycles. The van der Waals surface area contributed by atoms with E-state index in [4.69, 9.17) is 5.73 Å². The molecule has 3 N–H and O–H groups in total. The first-order valence-electron chi connectivity index (χ1n) is 6.46. The van der Waals surface area contributed by atoms with E-state index in [1.54, 1.807) is 12.4 Å². The van der Waals surface area contributed by atoms with Crippen LogP contribution >= 0.6 is 0 Å². The topological polar surface area (TPSA) is 89.6 Å². The number of rotatable bonds is 3. The fourth-order valence-corrected chi connectivity index (χ4v) is 1.84. The molecule has 0 saturated heterocycles. The Hall–Kier alpha value is -3.02. The number of nitrogen functional groups attached to an aromatic ring is 1. The van der Waals surface area contributed by atoms with Crippen LogP contribution in [-0.2, 0) is 0 Å². The summed E-state index contributed by atoms with van der Waals surface area (Å²) in [6.07, 6.45) is 3.38. The van der Waals surface area contributed by atoms with Gasteiger partial charge in [-0.25, -0.2) is 0 Å². The van der Waals surface area contributed by atoms with Crippen molar-refractivity contribution in [3.05, 3.63) is 54.4 Å². The maximum absolute atomic E-state index is 5.75. The highest BCUT2D eigenvalue weighted by atomic mass is 15.2. The van der Waals surface area contributed by atoms with Gasteiger partial charge in [0.25, 0.3) is 0 Å². The monoisotopic (exact) mass is 278 g/mol. The summed E-state index contributed by atoms with van der Waals surface area (Å²) in [5.74, 6) is 1.06. The average Bonchev–Trinajstić information content (AvgIpc) is 2.50. The van der Waals surface area contributed by atoms with E-state index in [9.17, 15) is 0 Å². The van der Waals surface area contributed by atoms with Crippen LogP contribution in [0.15, 0.2) is 48.8 Å². The zero-order valence-corrected chi connectivity index (χ0v) is 11.5. The number of benzene rings is 1. The molecule has 104 valence electrons. The van der Waals surface area contributed by atoms with Gasteiger partial charge in [-0.3, -0.25) is 4.98 Å². The van der Waals surface area contributed by atoms with Crippen LogP contribution in [0, 0.1) is 6.92 Å². The quantitative estimate of drug-likeness (QED) is 0.765. The number of aromatic nitrogens is 4. The van der Waals surface area contributed by atoms with Crippen molar-refractivity contribution >= 4 is 17.6 Å². The van der Waals surface area contributed by atoms with E-state index in [-0.39, 0.29) is 5.95 Å². The summed E-state index contributed by atoms with van der Waals surface area (Å²) in [6.45, 7) is 2.03. The van der Waals surface area contributed by atoms with Gasteiger partial charge in [0.05, 0.1) is 0 Å². The van der Waals surface area contributed by atoms with Gasteiger partial charge in [-0.15, -0.1) is 0 Å². The minimum Gasteiger partial charge on any atom is -0.368 e. The van der Waals surface area contributed by atoms with Crippen molar-refractivity contribution in [3.63, 3.8) is 0 Å². The highest BCUT2D eigenvalue weighted by Crippen LogP contribution is 2.18. The molecule has 0 bridgehead atoms. The third-order valence-corrected chi connectivity index (χ3v) is 2.88. The summed E-state index contributed by atoms with van der Waals surface area (Å²) in [5, 5.41) is 3.12. The van der Waals surface area contributed by atoms with Crippen molar-refractivity contribution in [3.8, 4) is 11.4 Å². The van der Waals surface area contributed by atoms with Gasteiger partial charge in [0.2, 0.25) is 11.9 Å². The number of pyridine rings is 1. The first-order valence-corrected chi connectivity index (χ1v) is 6.46. The Morgan fingerprint density at radius 2 is 1.81 bits per heavy atom. The predicted octanol–water partition coefficient (Wildman–Crippen LogP) is 2.57. The van der Waals surface area contributed by atoms with Crippen LogP contribution in [0.4, 0.5) is 17.6 Å². The first-order chi connectivity index (χ1) is 10.2. The van der Waals surface area contributed by atoms with Gasteiger partial charge in [0.15, 0.2) is 5.82 Å². The van der Waals surface area contributed by atoms with E-state index in [1.165, 1.54) is 5.56 Å². The Morgan fingerprint density at radius 3 is 2.52 bits per heavy atom. The summed E-state index contributed by atoms with van der Waals surface area (Å²) in [6, 6.07) is 11.6. The molecule has 0 unspecified atom stereocenters. The van der Waals surface area contributed by atoms with E-state index in [2.05, 4.69) is 25.3 Å². The van der Waals surface area contributed by atoms with Crippen LogP contribution in [0.5, 0.6) is 0 Å². The summed E-state index contributed by atoms with van der Waals surface area (Å²) in [4.78, 5) is 16.7. The largest absolute Gasteiger partial charge is 0.368 e. The van der Waals surface area contributed by atoms with E-state index in [1.807, 2.05) is 43.3 Å². The summed E-state index contributed by atoms with van der Waals surface area (Å²) < 4.78 is 0. The molecule has 0 aliphatic rings. The number of hydrogen-bond donors (Lipinski definition) is 2. The highest BCUT2D eigenvalue weighted by molar-refractivity contribution is 5.59. The standard InChI is InChI=1S/C15H14N6/c1-10-4-6-12(7-5-10)18-15-20-13(19-14(16)21-15)11-3-2-8-17-9-11/h2-9H,1H3,(H3,16,18,19,20,21). The Morgan fingerprint density at radius 1 is 1.00 bits per heavy atom. The van der Waals surface area contributed by atoms with Crippen LogP contribution in [-0.4, -0.2) is 19.9 Å². The van der Waals surface area contributed by atoms with Crippen LogP contribution in [0.2, 0.25) is 0 Å². The lowest BCUT2D eigenvalue weighted by Crippen LogP contribution is -2.05. The van der Waals surface area contributed by atoms with E-state index in [0.717, 1.165) is 11.3 Å². The maximum atomic E-state index is 5.75. The molecular formula is C15H14N6. The lowest BCUT2D eigenvalue weighted by Gasteiger charge is -2.07. The Kier molecular flexibility index (Phi) is 3.42. The molecule has 0 saturated carbocycles. The Balaban J connectivity index is 1.93. The molecule has 0 spiro atoms. The second-order valence-corrected chi connectivity index (χ2v) is 4.57. The lowest BCUT2D eigenvalue weighted by atomic mass is 10.2. The molecule has 0 amide bonds. The van der Waals surface area contributed by atoms with E-state index >= 15 is 0 Å². The summed E-state index contributed by atoms with van der Waals surface area (Å²) >= 11 is 0. The smallest absolute Gasteiger partial charge is 0.232 e. The molecule has 3 rings (SSSR count). The second kappa shape index (κ2) is 5.54. The molecule has 0 radical (unpaired) electrons. The molecule has 6 nitrogen and oxygen atoms in total. The molecule has 0 atom stereocenters. The van der Waals surface area contributed by atoms with Gasteiger partial charge in [0, 0.05) is 23.6 Å². The van der Waals surface area contributed by atoms with Gasteiger partial charge < -0.3 is 11.1 Å². The van der Waals surface area contributed by atoms with Crippen molar-refractivity contribution < 1.29 is 0 Å².